The van der Waals surface area contributed by atoms with E-state index in [9.17, 15) is 0 Å². The Morgan fingerprint density at radius 2 is 2.25 bits per heavy atom. The van der Waals surface area contributed by atoms with Gasteiger partial charge in [-0.05, 0) is 19.1 Å². The molecule has 64 valence electrons. The molecule has 0 fully saturated rings. The lowest BCUT2D eigenvalue weighted by atomic mass is 10.3. The van der Waals surface area contributed by atoms with E-state index in [4.69, 9.17) is 5.73 Å². The summed E-state index contributed by atoms with van der Waals surface area (Å²) in [7, 11) is 0. The lowest BCUT2D eigenvalue weighted by Crippen LogP contribution is -2.35. The number of hydrogen-bond donors (Lipinski definition) is 1. The average molecular weight is 180 g/mol. The second-order valence-corrected chi connectivity index (χ2v) is 3.92. The van der Waals surface area contributed by atoms with Gasteiger partial charge in [0.2, 0.25) is 0 Å². The zero-order valence-corrected chi connectivity index (χ0v) is 7.84. The number of thioether (sulfide) groups is 1. The van der Waals surface area contributed by atoms with Crippen LogP contribution < -0.4 is 10.6 Å². The number of anilines is 1. The molecule has 1 atom stereocenters. The third-order valence-electron chi connectivity index (χ3n) is 2.07. The number of fused-ring (bicyclic) bond motifs is 1. The van der Waals surface area contributed by atoms with Crippen molar-refractivity contribution >= 4 is 17.4 Å². The number of rotatable bonds is 1. The van der Waals surface area contributed by atoms with Crippen LogP contribution in [0, 0.1) is 0 Å². The second-order valence-electron chi connectivity index (χ2n) is 2.76. The third kappa shape index (κ3) is 1.09. The molecule has 1 aromatic carbocycles. The monoisotopic (exact) mass is 180 g/mol. The zero-order valence-electron chi connectivity index (χ0n) is 7.03. The Kier molecular flexibility index (Phi) is 1.98. The molecule has 12 heavy (non-hydrogen) atoms. The van der Waals surface area contributed by atoms with Crippen molar-refractivity contribution in [2.45, 2.75) is 17.3 Å². The summed E-state index contributed by atoms with van der Waals surface area (Å²) in [5.41, 5.74) is 7.31. The minimum atomic E-state index is 0.104. The van der Waals surface area contributed by atoms with Crippen LogP contribution in [0.2, 0.25) is 0 Å². The standard InChI is InChI=1S/C9H12N2S/c1-2-11-7-5-3-4-6-8(7)12-9(11)10/h3-6,9H,2,10H2,1H3. The Hall–Kier alpha value is -0.670. The van der Waals surface area contributed by atoms with E-state index in [1.54, 1.807) is 11.8 Å². The van der Waals surface area contributed by atoms with Gasteiger partial charge < -0.3 is 10.6 Å². The highest BCUT2D eigenvalue weighted by molar-refractivity contribution is 8.00. The molecule has 2 rings (SSSR count). The average Bonchev–Trinajstić information content (AvgIpc) is 2.40. The molecule has 0 bridgehead atoms. The van der Waals surface area contributed by atoms with Crippen molar-refractivity contribution in [1.82, 2.24) is 0 Å². The van der Waals surface area contributed by atoms with Crippen LogP contribution in [0.25, 0.3) is 0 Å². The first-order valence-corrected chi connectivity index (χ1v) is 4.99. The van der Waals surface area contributed by atoms with Crippen LogP contribution in [0.4, 0.5) is 5.69 Å². The van der Waals surface area contributed by atoms with Gasteiger partial charge in [0.05, 0.1) is 5.69 Å². The van der Waals surface area contributed by atoms with Gasteiger partial charge in [0.15, 0.2) is 0 Å². The molecule has 1 aromatic rings. The number of hydrogen-bond acceptors (Lipinski definition) is 3. The lowest BCUT2D eigenvalue weighted by Gasteiger charge is -2.20. The van der Waals surface area contributed by atoms with Crippen molar-refractivity contribution in [2.75, 3.05) is 11.4 Å². The van der Waals surface area contributed by atoms with Gasteiger partial charge in [-0.1, -0.05) is 23.9 Å². The topological polar surface area (TPSA) is 29.3 Å². The van der Waals surface area contributed by atoms with Crippen molar-refractivity contribution in [3.63, 3.8) is 0 Å². The van der Waals surface area contributed by atoms with Crippen LogP contribution >= 0.6 is 11.8 Å². The Balaban J connectivity index is 2.40. The van der Waals surface area contributed by atoms with Gasteiger partial charge in [-0.25, -0.2) is 0 Å². The Morgan fingerprint density at radius 1 is 1.50 bits per heavy atom. The van der Waals surface area contributed by atoms with E-state index in [1.165, 1.54) is 10.6 Å². The van der Waals surface area contributed by atoms with E-state index < -0.39 is 0 Å². The van der Waals surface area contributed by atoms with Gasteiger partial charge in [-0.15, -0.1) is 0 Å². The molecule has 2 N–H and O–H groups in total. The van der Waals surface area contributed by atoms with E-state index in [1.807, 2.05) is 0 Å². The first kappa shape index (κ1) is 7.95. The number of benzene rings is 1. The fourth-order valence-electron chi connectivity index (χ4n) is 1.48. The molecule has 1 aliphatic rings. The van der Waals surface area contributed by atoms with Gasteiger partial charge in [0, 0.05) is 11.4 Å². The maximum atomic E-state index is 5.93. The molecule has 0 saturated heterocycles. The van der Waals surface area contributed by atoms with Crippen LogP contribution in [-0.2, 0) is 0 Å². The van der Waals surface area contributed by atoms with Gasteiger partial charge in [-0.3, -0.25) is 0 Å². The molecule has 0 radical (unpaired) electrons. The molecular formula is C9H12N2S. The molecule has 1 unspecified atom stereocenters. The number of nitrogens with two attached hydrogens (primary N) is 1. The fraction of sp³-hybridized carbons (Fsp3) is 0.333. The minimum absolute atomic E-state index is 0.104. The summed E-state index contributed by atoms with van der Waals surface area (Å²) >= 11 is 1.73. The van der Waals surface area contributed by atoms with Crippen molar-refractivity contribution in [3.05, 3.63) is 24.3 Å². The van der Waals surface area contributed by atoms with Gasteiger partial charge >= 0.3 is 0 Å². The van der Waals surface area contributed by atoms with Crippen molar-refractivity contribution in [1.29, 1.82) is 0 Å². The fourth-order valence-corrected chi connectivity index (χ4v) is 2.59. The van der Waals surface area contributed by atoms with E-state index in [2.05, 4.69) is 36.1 Å². The maximum absolute atomic E-state index is 5.93. The summed E-state index contributed by atoms with van der Waals surface area (Å²) in [5.74, 6) is 0. The molecule has 0 aliphatic carbocycles. The smallest absolute Gasteiger partial charge is 0.130 e. The van der Waals surface area contributed by atoms with Crippen LogP contribution in [0.15, 0.2) is 29.2 Å². The summed E-state index contributed by atoms with van der Waals surface area (Å²) in [6, 6.07) is 8.35. The maximum Gasteiger partial charge on any atom is 0.130 e. The molecule has 2 nitrogen and oxygen atoms in total. The summed E-state index contributed by atoms with van der Waals surface area (Å²) in [5, 5.41) is 0. The number of para-hydroxylation sites is 1. The molecule has 0 saturated carbocycles. The predicted molar refractivity (Wildman–Crippen MR) is 53.3 cm³/mol. The van der Waals surface area contributed by atoms with E-state index >= 15 is 0 Å². The molecule has 1 heterocycles. The van der Waals surface area contributed by atoms with Crippen molar-refractivity contribution in [3.8, 4) is 0 Å². The lowest BCUT2D eigenvalue weighted by molar-refractivity contribution is 0.808. The zero-order chi connectivity index (χ0) is 8.55. The quantitative estimate of drug-likeness (QED) is 0.715. The molecule has 0 aromatic heterocycles. The Bertz CT molecular complexity index is 288. The van der Waals surface area contributed by atoms with Gasteiger partial charge in [-0.2, -0.15) is 0 Å². The summed E-state index contributed by atoms with van der Waals surface area (Å²) in [4.78, 5) is 3.51. The summed E-state index contributed by atoms with van der Waals surface area (Å²) in [6.45, 7) is 3.10. The third-order valence-corrected chi connectivity index (χ3v) is 3.17. The van der Waals surface area contributed by atoms with Crippen LogP contribution in [0.3, 0.4) is 0 Å². The first-order valence-electron chi connectivity index (χ1n) is 4.11. The van der Waals surface area contributed by atoms with E-state index in [0.717, 1.165) is 6.54 Å². The Morgan fingerprint density at radius 3 is 3.00 bits per heavy atom. The SMILES string of the molecule is CCN1c2ccccc2SC1N. The predicted octanol–water partition coefficient (Wildman–Crippen LogP) is 1.86. The highest BCUT2D eigenvalue weighted by atomic mass is 32.2. The van der Waals surface area contributed by atoms with Crippen LogP contribution in [0.5, 0.6) is 0 Å². The second kappa shape index (κ2) is 2.99. The molecule has 3 heteroatoms. The van der Waals surface area contributed by atoms with Gasteiger partial charge in [0.25, 0.3) is 0 Å². The van der Waals surface area contributed by atoms with Crippen molar-refractivity contribution < 1.29 is 0 Å². The van der Waals surface area contributed by atoms with E-state index in [-0.39, 0.29) is 5.50 Å². The molecule has 1 aliphatic heterocycles. The summed E-state index contributed by atoms with van der Waals surface area (Å²) in [6.07, 6.45) is 0. The van der Waals surface area contributed by atoms with Gasteiger partial charge in [0.1, 0.15) is 5.50 Å². The summed E-state index contributed by atoms with van der Waals surface area (Å²) < 4.78 is 0. The highest BCUT2D eigenvalue weighted by Crippen LogP contribution is 2.40. The largest absolute Gasteiger partial charge is 0.346 e. The van der Waals surface area contributed by atoms with Crippen LogP contribution in [0.1, 0.15) is 6.92 Å². The molecule has 0 spiro atoms. The first-order chi connectivity index (χ1) is 5.83. The molecule has 0 amide bonds. The minimum Gasteiger partial charge on any atom is -0.346 e. The Labute approximate surface area is 76.7 Å². The highest BCUT2D eigenvalue weighted by Gasteiger charge is 2.24. The van der Waals surface area contributed by atoms with E-state index in [0.29, 0.717) is 0 Å². The normalized spacial score (nSPS) is 21.2. The molecular weight excluding hydrogens is 168 g/mol. The number of nitrogens with zero attached hydrogens (tertiary/aromatic N) is 1. The van der Waals surface area contributed by atoms with Crippen molar-refractivity contribution in [2.24, 2.45) is 5.73 Å². The van der Waals surface area contributed by atoms with Crippen LogP contribution in [-0.4, -0.2) is 12.0 Å².